The van der Waals surface area contributed by atoms with Crippen LogP contribution in [0.4, 0.5) is 0 Å². The van der Waals surface area contributed by atoms with E-state index in [0.717, 1.165) is 54.3 Å². The Balaban J connectivity index is 1.68. The molecule has 1 fully saturated rings. The number of carbonyl (C=O) groups excluding carboxylic acids is 1. The zero-order valence-electron chi connectivity index (χ0n) is 17.0. The van der Waals surface area contributed by atoms with Gasteiger partial charge in [-0.05, 0) is 49.7 Å². The summed E-state index contributed by atoms with van der Waals surface area (Å²) in [7, 11) is 3.29. The van der Waals surface area contributed by atoms with Crippen LogP contribution in [-0.2, 0) is 4.79 Å². The smallest absolute Gasteiger partial charge is 0.257 e. The molecule has 6 heteroatoms. The molecule has 152 valence electrons. The molecule has 1 atom stereocenters. The molecule has 4 rings (SSSR count). The van der Waals surface area contributed by atoms with E-state index >= 15 is 0 Å². The number of carbonyl (C=O) groups is 1. The molecule has 1 saturated heterocycles. The van der Waals surface area contributed by atoms with Crippen molar-refractivity contribution < 1.29 is 14.3 Å². The number of hydrazone groups is 1. The molecule has 2 aliphatic rings. The van der Waals surface area contributed by atoms with E-state index < -0.39 is 0 Å². The van der Waals surface area contributed by atoms with E-state index in [4.69, 9.17) is 14.6 Å². The molecule has 0 N–H and O–H groups in total. The van der Waals surface area contributed by atoms with E-state index in [1.54, 1.807) is 19.2 Å². The molecule has 2 aliphatic heterocycles. The van der Waals surface area contributed by atoms with E-state index in [0.29, 0.717) is 13.0 Å². The lowest BCUT2D eigenvalue weighted by atomic mass is 9.97. The first-order valence-electron chi connectivity index (χ1n) is 10.1. The van der Waals surface area contributed by atoms with Gasteiger partial charge in [0.25, 0.3) is 5.91 Å². The zero-order chi connectivity index (χ0) is 20.2. The minimum atomic E-state index is -0.217. The summed E-state index contributed by atoms with van der Waals surface area (Å²) >= 11 is 0. The Morgan fingerprint density at radius 1 is 1.07 bits per heavy atom. The molecule has 2 aromatic carbocycles. The zero-order valence-corrected chi connectivity index (χ0v) is 17.0. The Bertz CT molecular complexity index is 891. The number of ether oxygens (including phenoxy) is 2. The molecular weight excluding hydrogens is 366 g/mol. The van der Waals surface area contributed by atoms with Crippen LogP contribution in [0.2, 0.25) is 0 Å². The van der Waals surface area contributed by atoms with Crippen molar-refractivity contribution in [1.82, 2.24) is 9.91 Å². The molecule has 29 heavy (non-hydrogen) atoms. The fourth-order valence-electron chi connectivity index (χ4n) is 4.09. The monoisotopic (exact) mass is 393 g/mol. The van der Waals surface area contributed by atoms with Crippen molar-refractivity contribution >= 4 is 11.6 Å². The van der Waals surface area contributed by atoms with Gasteiger partial charge in [0.15, 0.2) is 0 Å². The van der Waals surface area contributed by atoms with Crippen molar-refractivity contribution in [3.05, 3.63) is 59.7 Å². The first-order valence-corrected chi connectivity index (χ1v) is 10.1. The third-order valence-corrected chi connectivity index (χ3v) is 5.63. The van der Waals surface area contributed by atoms with Gasteiger partial charge >= 0.3 is 0 Å². The molecule has 6 nitrogen and oxygen atoms in total. The van der Waals surface area contributed by atoms with E-state index in [1.165, 1.54) is 0 Å². The van der Waals surface area contributed by atoms with Crippen LogP contribution in [0, 0.1) is 0 Å². The highest BCUT2D eigenvalue weighted by Crippen LogP contribution is 2.39. The van der Waals surface area contributed by atoms with Crippen molar-refractivity contribution in [3.63, 3.8) is 0 Å². The molecule has 2 aromatic rings. The lowest BCUT2D eigenvalue weighted by Crippen LogP contribution is -2.37. The van der Waals surface area contributed by atoms with E-state index in [1.807, 2.05) is 48.5 Å². The van der Waals surface area contributed by atoms with Crippen LogP contribution in [0.25, 0.3) is 0 Å². The molecule has 1 amide bonds. The Morgan fingerprint density at radius 2 is 1.83 bits per heavy atom. The van der Waals surface area contributed by atoms with Crippen LogP contribution in [0.3, 0.4) is 0 Å². The minimum Gasteiger partial charge on any atom is -0.497 e. The Labute approximate surface area is 171 Å². The van der Waals surface area contributed by atoms with Gasteiger partial charge in [-0.15, -0.1) is 0 Å². The Hall–Kier alpha value is -2.86. The van der Waals surface area contributed by atoms with Crippen molar-refractivity contribution in [2.24, 2.45) is 5.10 Å². The summed E-state index contributed by atoms with van der Waals surface area (Å²) in [5.74, 6) is 1.49. The van der Waals surface area contributed by atoms with Gasteiger partial charge in [0.1, 0.15) is 11.5 Å². The lowest BCUT2D eigenvalue weighted by molar-refractivity contribution is -0.134. The summed E-state index contributed by atoms with van der Waals surface area (Å²) in [4.78, 5) is 15.4. The molecule has 0 radical (unpaired) electrons. The molecule has 0 saturated carbocycles. The second-order valence-electron chi connectivity index (χ2n) is 7.46. The Morgan fingerprint density at radius 3 is 2.52 bits per heavy atom. The number of nitrogens with zero attached hydrogens (tertiary/aromatic N) is 3. The molecule has 0 aliphatic carbocycles. The number of benzene rings is 2. The number of methoxy groups -OCH3 is 2. The standard InChI is InChI=1S/C23H27N3O3/c1-28-18-10-11-22(29-2)19(14-18)21-15-20(17-8-4-3-5-9-17)24-26(21)23(27)16-25-12-6-7-13-25/h3-5,8-11,14,21H,6-7,12-13,15-16H2,1-2H3. The first kappa shape index (κ1) is 19.5. The number of rotatable bonds is 6. The van der Waals surface area contributed by atoms with Crippen molar-refractivity contribution in [2.75, 3.05) is 33.9 Å². The molecule has 0 aromatic heterocycles. The van der Waals surface area contributed by atoms with Crippen LogP contribution in [-0.4, -0.2) is 55.4 Å². The highest BCUT2D eigenvalue weighted by molar-refractivity contribution is 6.03. The highest BCUT2D eigenvalue weighted by atomic mass is 16.5. The summed E-state index contributed by atoms with van der Waals surface area (Å²) in [6.07, 6.45) is 2.94. The van der Waals surface area contributed by atoms with Crippen molar-refractivity contribution in [1.29, 1.82) is 0 Å². The summed E-state index contributed by atoms with van der Waals surface area (Å²) in [6.45, 7) is 2.35. The topological polar surface area (TPSA) is 54.4 Å². The maximum atomic E-state index is 13.2. The second kappa shape index (κ2) is 8.66. The molecule has 0 spiro atoms. The summed E-state index contributed by atoms with van der Waals surface area (Å²) in [6, 6.07) is 15.5. The van der Waals surface area contributed by atoms with Crippen LogP contribution in [0.1, 0.15) is 36.4 Å². The maximum absolute atomic E-state index is 13.2. The van der Waals surface area contributed by atoms with Crippen LogP contribution >= 0.6 is 0 Å². The average Bonchev–Trinajstić information content (AvgIpc) is 3.44. The summed E-state index contributed by atoms with van der Waals surface area (Å²) < 4.78 is 11.0. The predicted molar refractivity (Wildman–Crippen MR) is 112 cm³/mol. The third kappa shape index (κ3) is 4.12. The fraction of sp³-hybridized carbons (Fsp3) is 0.391. The number of amides is 1. The van der Waals surface area contributed by atoms with E-state index in [-0.39, 0.29) is 11.9 Å². The Kier molecular flexibility index (Phi) is 5.81. The van der Waals surface area contributed by atoms with Gasteiger partial charge in [0.2, 0.25) is 0 Å². The maximum Gasteiger partial charge on any atom is 0.257 e. The summed E-state index contributed by atoms with van der Waals surface area (Å²) in [5, 5.41) is 6.42. The normalized spacial score (nSPS) is 19.3. The van der Waals surface area contributed by atoms with E-state index in [9.17, 15) is 4.79 Å². The molecule has 0 bridgehead atoms. The van der Waals surface area contributed by atoms with Gasteiger partial charge in [0, 0.05) is 12.0 Å². The van der Waals surface area contributed by atoms with Gasteiger partial charge in [-0.3, -0.25) is 9.69 Å². The lowest BCUT2D eigenvalue weighted by Gasteiger charge is -2.26. The molecular formula is C23H27N3O3. The van der Waals surface area contributed by atoms with Gasteiger partial charge in [-0.25, -0.2) is 5.01 Å². The van der Waals surface area contributed by atoms with Crippen molar-refractivity contribution in [2.45, 2.75) is 25.3 Å². The number of likely N-dealkylation sites (tertiary alicyclic amines) is 1. The quantitative estimate of drug-likeness (QED) is 0.754. The van der Waals surface area contributed by atoms with Gasteiger partial charge < -0.3 is 9.47 Å². The SMILES string of the molecule is COc1ccc(OC)c(C2CC(c3ccccc3)=NN2C(=O)CN2CCCC2)c1. The number of hydrogen-bond donors (Lipinski definition) is 0. The largest absolute Gasteiger partial charge is 0.497 e. The van der Waals surface area contributed by atoms with Gasteiger partial charge in [0.05, 0.1) is 32.5 Å². The molecule has 1 unspecified atom stereocenters. The van der Waals surface area contributed by atoms with Crippen LogP contribution < -0.4 is 9.47 Å². The fourth-order valence-corrected chi connectivity index (χ4v) is 4.09. The van der Waals surface area contributed by atoms with Gasteiger partial charge in [-0.1, -0.05) is 30.3 Å². The predicted octanol–water partition coefficient (Wildman–Crippen LogP) is 3.48. The van der Waals surface area contributed by atoms with E-state index in [2.05, 4.69) is 4.90 Å². The highest BCUT2D eigenvalue weighted by Gasteiger charge is 2.35. The van der Waals surface area contributed by atoms with Crippen LogP contribution in [0.15, 0.2) is 53.6 Å². The second-order valence-corrected chi connectivity index (χ2v) is 7.46. The van der Waals surface area contributed by atoms with Gasteiger partial charge in [-0.2, -0.15) is 5.10 Å². The first-order chi connectivity index (χ1) is 14.2. The minimum absolute atomic E-state index is 0.0210. The number of hydrogen-bond acceptors (Lipinski definition) is 5. The average molecular weight is 393 g/mol. The molecule has 2 heterocycles. The third-order valence-electron chi connectivity index (χ3n) is 5.63. The van der Waals surface area contributed by atoms with Crippen molar-refractivity contribution in [3.8, 4) is 11.5 Å². The van der Waals surface area contributed by atoms with Crippen LogP contribution in [0.5, 0.6) is 11.5 Å². The summed E-state index contributed by atoms with van der Waals surface area (Å²) in [5.41, 5.74) is 2.86.